The van der Waals surface area contributed by atoms with Gasteiger partial charge in [-0.1, -0.05) is 30.3 Å². The van der Waals surface area contributed by atoms with E-state index in [1.807, 2.05) is 48.9 Å². The second-order valence-electron chi connectivity index (χ2n) is 9.16. The fourth-order valence-corrected chi connectivity index (χ4v) is 5.39. The van der Waals surface area contributed by atoms with Gasteiger partial charge in [0.25, 0.3) is 0 Å². The lowest BCUT2D eigenvalue weighted by Gasteiger charge is -2.41. The van der Waals surface area contributed by atoms with Crippen molar-refractivity contribution in [3.63, 3.8) is 0 Å². The fraction of sp³-hybridized carbons (Fsp3) is 0.407. The zero-order valence-electron chi connectivity index (χ0n) is 20.9. The summed E-state index contributed by atoms with van der Waals surface area (Å²) in [6.07, 6.45) is -4.03. The number of fused-ring (bicyclic) bond motifs is 1. The van der Waals surface area contributed by atoms with Crippen molar-refractivity contribution in [1.82, 2.24) is 20.0 Å². The molecule has 0 radical (unpaired) electrons. The summed E-state index contributed by atoms with van der Waals surface area (Å²) in [7, 11) is 1.57. The molecule has 1 aliphatic rings. The van der Waals surface area contributed by atoms with Gasteiger partial charge in [-0.15, -0.1) is 0 Å². The second kappa shape index (κ2) is 10.6. The highest BCUT2D eigenvalue weighted by molar-refractivity contribution is 5.83. The van der Waals surface area contributed by atoms with Gasteiger partial charge in [-0.2, -0.15) is 18.3 Å². The molecule has 3 aromatic rings. The Kier molecular flexibility index (Phi) is 7.68. The van der Waals surface area contributed by atoms with Crippen LogP contribution in [0.2, 0.25) is 0 Å². The summed E-state index contributed by atoms with van der Waals surface area (Å²) in [6.45, 7) is 5.07. The molecule has 1 aromatic heterocycles. The van der Waals surface area contributed by atoms with E-state index >= 15 is 0 Å². The molecule has 0 fully saturated rings. The predicted molar refractivity (Wildman–Crippen MR) is 129 cm³/mol. The molecule has 0 aliphatic carbocycles. The molecule has 2 atom stereocenters. The van der Waals surface area contributed by atoms with Crippen molar-refractivity contribution in [2.24, 2.45) is 0 Å². The fourth-order valence-electron chi connectivity index (χ4n) is 5.39. The molecule has 10 heteroatoms. The number of hydrogen-bond donors (Lipinski definition) is 1. The Bertz CT molecular complexity index is 1250. The van der Waals surface area contributed by atoms with E-state index < -0.39 is 29.4 Å². The second-order valence-corrected chi connectivity index (χ2v) is 9.16. The van der Waals surface area contributed by atoms with E-state index in [1.165, 1.54) is 0 Å². The highest BCUT2D eigenvalue weighted by atomic mass is 19.4. The van der Waals surface area contributed by atoms with Crippen LogP contribution in [0.25, 0.3) is 0 Å². The van der Waals surface area contributed by atoms with Gasteiger partial charge in [-0.05, 0) is 49.9 Å². The molecule has 2 heterocycles. The number of aryl methyl sites for hydroxylation is 3. The van der Waals surface area contributed by atoms with Gasteiger partial charge in [0.05, 0.1) is 5.69 Å². The molecular formula is C27H29F5N4O. The van der Waals surface area contributed by atoms with Gasteiger partial charge in [0.2, 0.25) is 5.91 Å². The molecule has 198 valence electrons. The first kappa shape index (κ1) is 26.8. The lowest BCUT2D eigenvalue weighted by atomic mass is 9.88. The normalized spacial score (nSPS) is 16.9. The maximum absolute atomic E-state index is 14.3. The number of halogens is 5. The molecule has 0 spiro atoms. The van der Waals surface area contributed by atoms with Crippen LogP contribution in [0.3, 0.4) is 0 Å². The van der Waals surface area contributed by atoms with Crippen molar-refractivity contribution in [1.29, 1.82) is 0 Å². The minimum atomic E-state index is -5.12. The zero-order chi connectivity index (χ0) is 26.9. The topological polar surface area (TPSA) is 50.2 Å². The van der Waals surface area contributed by atoms with Crippen molar-refractivity contribution in [2.75, 3.05) is 13.6 Å². The van der Waals surface area contributed by atoms with Gasteiger partial charge < -0.3 is 5.32 Å². The van der Waals surface area contributed by atoms with Gasteiger partial charge in [0.1, 0.15) is 23.2 Å². The van der Waals surface area contributed by atoms with Crippen LogP contribution in [-0.4, -0.2) is 34.2 Å². The van der Waals surface area contributed by atoms with Gasteiger partial charge in [0.15, 0.2) is 0 Å². The van der Waals surface area contributed by atoms with Gasteiger partial charge in [-0.25, -0.2) is 8.78 Å². The Morgan fingerprint density at radius 1 is 1.16 bits per heavy atom. The van der Waals surface area contributed by atoms with Gasteiger partial charge in [0, 0.05) is 43.9 Å². The van der Waals surface area contributed by atoms with Crippen molar-refractivity contribution in [3.8, 4) is 0 Å². The SMILES string of the molecule is CCn1nc(C)c2c1CCN(C(C(=O)NC)c1ccccc1)C2CCc1cc(F)c(C(F)(F)F)c(F)c1. The summed E-state index contributed by atoms with van der Waals surface area (Å²) in [5.41, 5.74) is 1.80. The first-order valence-electron chi connectivity index (χ1n) is 12.2. The molecular weight excluding hydrogens is 491 g/mol. The number of nitrogens with zero attached hydrogens (tertiary/aromatic N) is 3. The van der Waals surface area contributed by atoms with E-state index in [4.69, 9.17) is 0 Å². The Labute approximate surface area is 212 Å². The lowest BCUT2D eigenvalue weighted by Crippen LogP contribution is -2.45. The lowest BCUT2D eigenvalue weighted by molar-refractivity contribution is -0.142. The van der Waals surface area contributed by atoms with Crippen LogP contribution < -0.4 is 5.32 Å². The molecule has 2 unspecified atom stereocenters. The minimum absolute atomic E-state index is 0.110. The smallest absolute Gasteiger partial charge is 0.358 e. The monoisotopic (exact) mass is 520 g/mol. The highest BCUT2D eigenvalue weighted by Gasteiger charge is 2.40. The number of hydrogen-bond acceptors (Lipinski definition) is 3. The third-order valence-corrected chi connectivity index (χ3v) is 6.96. The van der Waals surface area contributed by atoms with Crippen molar-refractivity contribution >= 4 is 5.91 Å². The van der Waals surface area contributed by atoms with E-state index in [0.29, 0.717) is 25.9 Å². The van der Waals surface area contributed by atoms with Crippen LogP contribution in [0, 0.1) is 18.6 Å². The quantitative estimate of drug-likeness (QED) is 0.417. The van der Waals surface area contributed by atoms with Crippen molar-refractivity contribution in [2.45, 2.75) is 57.9 Å². The van der Waals surface area contributed by atoms with Crippen LogP contribution in [0.5, 0.6) is 0 Å². The van der Waals surface area contributed by atoms with E-state index in [1.54, 1.807) is 7.05 Å². The molecule has 4 rings (SSSR count). The summed E-state index contributed by atoms with van der Waals surface area (Å²) in [5, 5.41) is 7.40. The number of alkyl halides is 3. The number of nitrogens with one attached hydrogen (secondary N) is 1. The van der Waals surface area contributed by atoms with Gasteiger partial charge >= 0.3 is 6.18 Å². The third-order valence-electron chi connectivity index (χ3n) is 6.96. The first-order chi connectivity index (χ1) is 17.6. The van der Waals surface area contributed by atoms with Gasteiger partial charge in [-0.3, -0.25) is 14.4 Å². The maximum atomic E-state index is 14.3. The molecule has 0 bridgehead atoms. The zero-order valence-corrected chi connectivity index (χ0v) is 20.9. The van der Waals surface area contributed by atoms with E-state index in [2.05, 4.69) is 15.3 Å². The van der Waals surface area contributed by atoms with Crippen LogP contribution in [0.1, 0.15) is 59.1 Å². The molecule has 37 heavy (non-hydrogen) atoms. The summed E-state index contributed by atoms with van der Waals surface area (Å²) in [5.74, 6) is -3.47. The number of benzene rings is 2. The predicted octanol–water partition coefficient (Wildman–Crippen LogP) is 5.53. The van der Waals surface area contributed by atoms with E-state index in [9.17, 15) is 26.7 Å². The Morgan fingerprint density at radius 2 is 1.81 bits per heavy atom. The summed E-state index contributed by atoms with van der Waals surface area (Å²) >= 11 is 0. The average molecular weight is 521 g/mol. The average Bonchev–Trinajstić information content (AvgIpc) is 3.18. The Hall–Kier alpha value is -3.27. The first-order valence-corrected chi connectivity index (χ1v) is 12.2. The molecule has 1 N–H and O–H groups in total. The number of carbonyl (C=O) groups is 1. The maximum Gasteiger partial charge on any atom is 0.422 e. The van der Waals surface area contributed by atoms with Crippen molar-refractivity contribution < 1.29 is 26.7 Å². The Morgan fingerprint density at radius 3 is 2.38 bits per heavy atom. The summed E-state index contributed by atoms with van der Waals surface area (Å²) < 4.78 is 69.6. The number of aromatic nitrogens is 2. The molecule has 0 saturated heterocycles. The molecule has 2 aromatic carbocycles. The van der Waals surface area contributed by atoms with Crippen molar-refractivity contribution in [3.05, 3.63) is 87.7 Å². The standard InChI is InChI=1S/C27H29F5N4O/c1-4-36-22-12-13-35(25(26(37)33-3)18-8-6-5-7-9-18)21(23(22)16(2)34-36)11-10-17-14-19(28)24(20(29)15-17)27(30,31)32/h5-9,14-15,21,25H,4,10-13H2,1-3H3,(H,33,37). The largest absolute Gasteiger partial charge is 0.422 e. The number of amides is 1. The van der Waals surface area contributed by atoms with Crippen LogP contribution in [0.4, 0.5) is 22.0 Å². The van der Waals surface area contributed by atoms with Crippen LogP contribution >= 0.6 is 0 Å². The molecule has 1 amide bonds. The molecule has 0 saturated carbocycles. The highest BCUT2D eigenvalue weighted by Crippen LogP contribution is 2.41. The summed E-state index contributed by atoms with van der Waals surface area (Å²) in [4.78, 5) is 15.2. The summed E-state index contributed by atoms with van der Waals surface area (Å²) in [6, 6.07) is 9.82. The van der Waals surface area contributed by atoms with E-state index in [-0.39, 0.29) is 23.9 Å². The van der Waals surface area contributed by atoms with Crippen LogP contribution in [0.15, 0.2) is 42.5 Å². The number of likely N-dealkylation sites (N-methyl/N-ethyl adjacent to an activating group) is 1. The van der Waals surface area contributed by atoms with E-state index in [0.717, 1.165) is 34.6 Å². The number of carbonyl (C=O) groups excluding carboxylic acids is 1. The number of rotatable bonds is 7. The Balaban J connectivity index is 1.74. The van der Waals surface area contributed by atoms with Crippen LogP contribution in [-0.2, 0) is 30.4 Å². The molecule has 5 nitrogen and oxygen atoms in total. The molecule has 1 aliphatic heterocycles. The third kappa shape index (κ3) is 5.25. The minimum Gasteiger partial charge on any atom is -0.358 e.